The maximum absolute atomic E-state index is 13.5. The van der Waals surface area contributed by atoms with E-state index in [1.165, 1.54) is 0 Å². The van der Waals surface area contributed by atoms with Crippen molar-refractivity contribution in [1.29, 1.82) is 0 Å². The van der Waals surface area contributed by atoms with Crippen molar-refractivity contribution < 1.29 is 34.2 Å². The predicted molar refractivity (Wildman–Crippen MR) is 141 cm³/mol. The number of aromatic amines is 1. The standard InChI is InChI=1S/C26H36N6O7/c27-10-4-3-7-17(28)23(35)30-19(12-15-14-29-18-8-2-1-6-16(15)18)24(36)31-20(13-22(33)34)25(37)32-11-5-9-21(32)26(38)39/h1-2,6,8,14,17,19-21,29H,3-5,7,9-13,27-28H2,(H,30,35)(H,31,36)(H,33,34)(H,38,39). The lowest BCUT2D eigenvalue weighted by Gasteiger charge is -2.28. The van der Waals surface area contributed by atoms with Crippen molar-refractivity contribution in [2.45, 2.75) is 69.1 Å². The summed E-state index contributed by atoms with van der Waals surface area (Å²) in [6.45, 7) is 0.591. The van der Waals surface area contributed by atoms with Gasteiger partial charge in [0.1, 0.15) is 18.1 Å². The number of rotatable bonds is 14. The van der Waals surface area contributed by atoms with Crippen LogP contribution < -0.4 is 22.1 Å². The Balaban J connectivity index is 1.83. The lowest BCUT2D eigenvalue weighted by atomic mass is 10.0. The van der Waals surface area contributed by atoms with Crippen LogP contribution >= 0.6 is 0 Å². The molecule has 39 heavy (non-hydrogen) atoms. The maximum atomic E-state index is 13.5. The Morgan fingerprint density at radius 1 is 1.05 bits per heavy atom. The second kappa shape index (κ2) is 13.7. The fourth-order valence-electron chi connectivity index (χ4n) is 4.78. The molecule has 1 aliphatic heterocycles. The van der Waals surface area contributed by atoms with Crippen LogP contribution in [0.4, 0.5) is 0 Å². The lowest BCUT2D eigenvalue weighted by molar-refractivity contribution is -0.150. The second-order valence-electron chi connectivity index (χ2n) is 9.70. The number of carbonyl (C=O) groups is 5. The zero-order chi connectivity index (χ0) is 28.5. The Bertz CT molecular complexity index is 1200. The number of unbranched alkanes of at least 4 members (excludes halogenated alkanes) is 1. The van der Waals surface area contributed by atoms with E-state index in [9.17, 15) is 34.2 Å². The number of benzene rings is 1. The zero-order valence-corrected chi connectivity index (χ0v) is 21.6. The van der Waals surface area contributed by atoms with Gasteiger partial charge in [-0.3, -0.25) is 19.2 Å². The summed E-state index contributed by atoms with van der Waals surface area (Å²) in [5.41, 5.74) is 13.1. The fourth-order valence-corrected chi connectivity index (χ4v) is 4.78. The van der Waals surface area contributed by atoms with Gasteiger partial charge in [-0.15, -0.1) is 0 Å². The number of carboxylic acids is 2. The highest BCUT2D eigenvalue weighted by molar-refractivity contribution is 5.96. The molecule has 0 aliphatic carbocycles. The highest BCUT2D eigenvalue weighted by atomic mass is 16.4. The number of nitrogens with zero attached hydrogens (tertiary/aromatic N) is 1. The molecule has 4 unspecified atom stereocenters. The van der Waals surface area contributed by atoms with Crippen molar-refractivity contribution in [3.8, 4) is 0 Å². The Labute approximate surface area is 225 Å². The SMILES string of the molecule is NCCCCC(N)C(=O)NC(Cc1c[nH]c2ccccc12)C(=O)NC(CC(=O)O)C(=O)N1CCCC1C(=O)O. The van der Waals surface area contributed by atoms with E-state index in [1.807, 2.05) is 24.3 Å². The van der Waals surface area contributed by atoms with Crippen molar-refractivity contribution >= 4 is 40.6 Å². The van der Waals surface area contributed by atoms with Gasteiger partial charge in [0.05, 0.1) is 12.5 Å². The second-order valence-corrected chi connectivity index (χ2v) is 9.70. The molecule has 1 aromatic carbocycles. The topological polar surface area (TPSA) is 221 Å². The third-order valence-electron chi connectivity index (χ3n) is 6.85. The van der Waals surface area contributed by atoms with Gasteiger partial charge in [0, 0.05) is 30.1 Å². The van der Waals surface area contributed by atoms with Crippen molar-refractivity contribution in [3.63, 3.8) is 0 Å². The summed E-state index contributed by atoms with van der Waals surface area (Å²) in [6.07, 6.45) is 3.34. The number of aromatic nitrogens is 1. The Hall–Kier alpha value is -3.97. The molecule has 2 heterocycles. The summed E-state index contributed by atoms with van der Waals surface area (Å²) in [7, 11) is 0. The quantitative estimate of drug-likeness (QED) is 0.155. The van der Waals surface area contributed by atoms with Crippen molar-refractivity contribution in [2.75, 3.05) is 13.1 Å². The van der Waals surface area contributed by atoms with Gasteiger partial charge in [-0.05, 0) is 43.9 Å². The molecular weight excluding hydrogens is 508 g/mol. The fraction of sp³-hybridized carbons (Fsp3) is 0.500. The van der Waals surface area contributed by atoms with Crippen LogP contribution in [-0.4, -0.2) is 87.0 Å². The minimum atomic E-state index is -1.52. The van der Waals surface area contributed by atoms with Crippen LogP contribution in [0.5, 0.6) is 0 Å². The highest BCUT2D eigenvalue weighted by Gasteiger charge is 2.39. The van der Waals surface area contributed by atoms with Gasteiger partial charge >= 0.3 is 11.9 Å². The molecule has 0 spiro atoms. The molecule has 2 aromatic rings. The molecule has 212 valence electrons. The summed E-state index contributed by atoms with van der Waals surface area (Å²) < 4.78 is 0. The third kappa shape index (κ3) is 7.77. The number of carboxylic acid groups (broad SMARTS) is 2. The maximum Gasteiger partial charge on any atom is 0.326 e. The van der Waals surface area contributed by atoms with Crippen LogP contribution in [0.15, 0.2) is 30.5 Å². The number of likely N-dealkylation sites (tertiary alicyclic amines) is 1. The highest BCUT2D eigenvalue weighted by Crippen LogP contribution is 2.21. The summed E-state index contributed by atoms with van der Waals surface area (Å²) in [6, 6.07) is 2.69. The monoisotopic (exact) mass is 544 g/mol. The van der Waals surface area contributed by atoms with Gasteiger partial charge < -0.3 is 42.2 Å². The van der Waals surface area contributed by atoms with Gasteiger partial charge in [-0.2, -0.15) is 0 Å². The van der Waals surface area contributed by atoms with Gasteiger partial charge in [0.25, 0.3) is 0 Å². The predicted octanol–water partition coefficient (Wildman–Crippen LogP) is -0.313. The molecule has 13 nitrogen and oxygen atoms in total. The van der Waals surface area contributed by atoms with Gasteiger partial charge in [-0.25, -0.2) is 4.79 Å². The number of nitrogens with one attached hydrogen (secondary N) is 3. The summed E-state index contributed by atoms with van der Waals surface area (Å²) in [4.78, 5) is 66.9. The average Bonchev–Trinajstić information content (AvgIpc) is 3.55. The van der Waals surface area contributed by atoms with E-state index >= 15 is 0 Å². The number of hydrogen-bond donors (Lipinski definition) is 7. The van der Waals surface area contributed by atoms with Crippen LogP contribution in [0, 0.1) is 0 Å². The number of fused-ring (bicyclic) bond motifs is 1. The van der Waals surface area contributed by atoms with E-state index in [0.29, 0.717) is 37.8 Å². The van der Waals surface area contributed by atoms with Crippen LogP contribution in [-0.2, 0) is 30.4 Å². The van der Waals surface area contributed by atoms with Crippen LogP contribution in [0.25, 0.3) is 10.9 Å². The van der Waals surface area contributed by atoms with E-state index in [0.717, 1.165) is 15.8 Å². The smallest absolute Gasteiger partial charge is 0.326 e. The number of carbonyl (C=O) groups excluding carboxylic acids is 3. The molecule has 1 fully saturated rings. The Morgan fingerprint density at radius 2 is 1.77 bits per heavy atom. The van der Waals surface area contributed by atoms with Gasteiger partial charge in [0.15, 0.2) is 0 Å². The van der Waals surface area contributed by atoms with E-state index in [4.69, 9.17) is 11.5 Å². The van der Waals surface area contributed by atoms with Gasteiger partial charge in [-0.1, -0.05) is 24.6 Å². The van der Waals surface area contributed by atoms with E-state index in [-0.39, 0.29) is 19.4 Å². The molecule has 4 atom stereocenters. The Morgan fingerprint density at radius 3 is 2.46 bits per heavy atom. The molecule has 0 saturated carbocycles. The normalized spacial score (nSPS) is 17.4. The van der Waals surface area contributed by atoms with E-state index < -0.39 is 60.2 Å². The van der Waals surface area contributed by atoms with Crippen LogP contribution in [0.3, 0.4) is 0 Å². The largest absolute Gasteiger partial charge is 0.481 e. The number of para-hydroxylation sites is 1. The molecule has 0 bridgehead atoms. The zero-order valence-electron chi connectivity index (χ0n) is 21.6. The molecule has 1 saturated heterocycles. The lowest BCUT2D eigenvalue weighted by Crippen LogP contribution is -2.58. The molecule has 13 heteroatoms. The molecule has 1 aliphatic rings. The minimum absolute atomic E-state index is 0.0343. The van der Waals surface area contributed by atoms with Crippen molar-refractivity contribution in [2.24, 2.45) is 11.5 Å². The van der Waals surface area contributed by atoms with E-state index in [2.05, 4.69) is 15.6 Å². The molecule has 9 N–H and O–H groups in total. The summed E-state index contributed by atoms with van der Waals surface area (Å²) in [5, 5.41) is 24.8. The summed E-state index contributed by atoms with van der Waals surface area (Å²) >= 11 is 0. The summed E-state index contributed by atoms with van der Waals surface area (Å²) in [5.74, 6) is -4.70. The first-order valence-corrected chi connectivity index (χ1v) is 13.0. The molecule has 3 amide bonds. The minimum Gasteiger partial charge on any atom is -0.481 e. The van der Waals surface area contributed by atoms with Crippen LogP contribution in [0.2, 0.25) is 0 Å². The number of nitrogens with two attached hydrogens (primary N) is 2. The number of amides is 3. The van der Waals surface area contributed by atoms with Crippen molar-refractivity contribution in [1.82, 2.24) is 20.5 Å². The number of aliphatic carboxylic acids is 2. The van der Waals surface area contributed by atoms with Crippen molar-refractivity contribution in [3.05, 3.63) is 36.0 Å². The Kier molecular flexibility index (Phi) is 10.4. The first-order valence-electron chi connectivity index (χ1n) is 13.0. The molecular formula is C26H36N6O7. The van der Waals surface area contributed by atoms with Crippen LogP contribution in [0.1, 0.15) is 44.1 Å². The third-order valence-corrected chi connectivity index (χ3v) is 6.85. The first kappa shape index (κ1) is 29.6. The number of hydrogen-bond acceptors (Lipinski definition) is 7. The van der Waals surface area contributed by atoms with Gasteiger partial charge in [0.2, 0.25) is 17.7 Å². The molecule has 0 radical (unpaired) electrons. The first-order chi connectivity index (χ1) is 18.6. The molecule has 3 rings (SSSR count). The number of H-pyrrole nitrogens is 1. The average molecular weight is 545 g/mol. The molecule has 1 aromatic heterocycles. The van der Waals surface area contributed by atoms with E-state index in [1.54, 1.807) is 6.20 Å².